The Morgan fingerprint density at radius 1 is 0.540 bits per heavy atom. The highest BCUT2D eigenvalue weighted by Crippen LogP contribution is 2.25. The van der Waals surface area contributed by atoms with Crippen molar-refractivity contribution in [2.24, 2.45) is 5.92 Å². The topological polar surface area (TPSA) is 121 Å². The Kier molecular flexibility index (Phi) is 41.9. The molecule has 0 saturated heterocycles. The zero-order valence-corrected chi connectivity index (χ0v) is 41.0. The van der Waals surface area contributed by atoms with Gasteiger partial charge in [-0.25, -0.2) is 0 Å². The van der Waals surface area contributed by atoms with E-state index in [0.29, 0.717) is 45.1 Å². The van der Waals surface area contributed by atoms with E-state index in [1.807, 2.05) is 0 Å². The van der Waals surface area contributed by atoms with Gasteiger partial charge in [0.2, 0.25) is 0 Å². The lowest BCUT2D eigenvalue weighted by Crippen LogP contribution is -2.42. The maximum atomic E-state index is 13.0. The molecule has 63 heavy (non-hydrogen) atoms. The molecule has 1 fully saturated rings. The molecule has 0 bridgehead atoms. The van der Waals surface area contributed by atoms with Crippen LogP contribution in [0.25, 0.3) is 0 Å². The van der Waals surface area contributed by atoms with Crippen LogP contribution in [-0.4, -0.2) is 93.0 Å². The first-order valence-electron chi connectivity index (χ1n) is 26.3. The molecule has 0 aliphatic heterocycles. The van der Waals surface area contributed by atoms with Gasteiger partial charge in [-0.2, -0.15) is 0 Å². The van der Waals surface area contributed by atoms with Gasteiger partial charge in [0.1, 0.15) is 19.8 Å². The largest absolute Gasteiger partial charge is 0.465 e. The Bertz CT molecular complexity index is 1090. The van der Waals surface area contributed by atoms with Gasteiger partial charge in [0.25, 0.3) is 0 Å². The second-order valence-electron chi connectivity index (χ2n) is 17.9. The lowest BCUT2D eigenvalue weighted by molar-refractivity contribution is -0.162. The van der Waals surface area contributed by atoms with Crippen LogP contribution in [0.15, 0.2) is 24.3 Å². The number of aliphatic hydroxyl groups is 1. The number of esters is 3. The molecule has 1 aliphatic rings. The molecule has 0 aromatic rings. The summed E-state index contributed by atoms with van der Waals surface area (Å²) in [6.07, 6.45) is 41.3. The zero-order valence-electron chi connectivity index (χ0n) is 41.0. The normalized spacial score (nSPS) is 13.7. The molecule has 1 saturated carbocycles. The number of carbonyl (C=O) groups is 3. The van der Waals surface area contributed by atoms with Crippen molar-refractivity contribution < 1.29 is 43.2 Å². The number of carbonyl (C=O) groups excluding carboxylic acids is 3. The molecule has 0 radical (unpaired) electrons. The highest BCUT2D eigenvalue weighted by Gasteiger charge is 2.24. The maximum absolute atomic E-state index is 13.0. The van der Waals surface area contributed by atoms with Gasteiger partial charge in [-0.3, -0.25) is 19.3 Å². The second-order valence-corrected chi connectivity index (χ2v) is 17.9. The van der Waals surface area contributed by atoms with Crippen LogP contribution in [0.3, 0.4) is 0 Å². The Labute approximate surface area is 386 Å². The number of nitrogens with zero attached hydrogens (tertiary/aromatic N) is 1. The summed E-state index contributed by atoms with van der Waals surface area (Å²) in [4.78, 5) is 40.8. The molecule has 10 heteroatoms. The van der Waals surface area contributed by atoms with E-state index < -0.39 is 12.2 Å². The van der Waals surface area contributed by atoms with E-state index in [1.165, 1.54) is 96.3 Å². The third-order valence-corrected chi connectivity index (χ3v) is 12.0. The lowest BCUT2D eigenvalue weighted by Gasteiger charge is -2.37. The Hall–Kier alpha value is -2.27. The van der Waals surface area contributed by atoms with Crippen LogP contribution in [0.1, 0.15) is 226 Å². The molecule has 0 aromatic carbocycles. The van der Waals surface area contributed by atoms with E-state index in [-0.39, 0.29) is 57.2 Å². The fraction of sp³-hybridized carbons (Fsp3) is 0.868. The number of aliphatic hydroxyl groups excluding tert-OH is 1. The fourth-order valence-electron chi connectivity index (χ4n) is 7.66. The van der Waals surface area contributed by atoms with Crippen LogP contribution >= 0.6 is 0 Å². The third-order valence-electron chi connectivity index (χ3n) is 12.0. The first-order chi connectivity index (χ1) is 30.9. The SMILES string of the molecule is CCCCC/C=C\C/C=C\CCCCCCCC(=O)OCC(COC(=O)CCCCN(CCO)C1CCC1)COC(=O)CCC(OCCCCCCCC)OCCCCCCCC. The number of unbranched alkanes of at least 4 members (excludes halogenated alkanes) is 19. The number of ether oxygens (including phenoxy) is 5. The predicted molar refractivity (Wildman–Crippen MR) is 258 cm³/mol. The summed E-state index contributed by atoms with van der Waals surface area (Å²) < 4.78 is 29.2. The van der Waals surface area contributed by atoms with Gasteiger partial charge in [0.15, 0.2) is 6.29 Å². The van der Waals surface area contributed by atoms with Gasteiger partial charge in [0.05, 0.1) is 18.9 Å². The quantitative estimate of drug-likeness (QED) is 0.0208. The van der Waals surface area contributed by atoms with Gasteiger partial charge in [-0.1, -0.05) is 148 Å². The lowest BCUT2D eigenvalue weighted by atomic mass is 9.91. The number of hydrogen-bond donors (Lipinski definition) is 1. The summed E-state index contributed by atoms with van der Waals surface area (Å²) in [5.74, 6) is -1.44. The average molecular weight is 892 g/mol. The molecule has 0 spiro atoms. The molecule has 1 atom stereocenters. The van der Waals surface area contributed by atoms with E-state index in [9.17, 15) is 19.5 Å². The third kappa shape index (κ3) is 37.6. The molecular weight excluding hydrogens is 795 g/mol. The standard InChI is InChI=1S/C53H97NO9/c1-4-7-10-13-16-17-18-19-20-21-22-23-24-25-28-36-50(56)61-45-48(46-62-51(57)37-29-30-40-54(41-42-55)49-34-33-35-49)47-63-52(58)38-39-53(59-43-31-26-14-11-8-5-2)60-44-32-27-15-12-9-6-3/h16-17,19-20,48-49,53,55H,4-15,18,21-47H2,1-3H3/b17-16-,20-19-. The number of hydrogen-bond acceptors (Lipinski definition) is 10. The maximum Gasteiger partial charge on any atom is 0.305 e. The van der Waals surface area contributed by atoms with Gasteiger partial charge < -0.3 is 28.8 Å². The summed E-state index contributed by atoms with van der Waals surface area (Å²) >= 11 is 0. The molecule has 368 valence electrons. The highest BCUT2D eigenvalue weighted by molar-refractivity contribution is 5.70. The molecular formula is C53H97NO9. The van der Waals surface area contributed by atoms with Crippen molar-refractivity contribution in [1.82, 2.24) is 4.90 Å². The van der Waals surface area contributed by atoms with E-state index in [1.54, 1.807) is 0 Å². The zero-order chi connectivity index (χ0) is 45.7. The van der Waals surface area contributed by atoms with Crippen molar-refractivity contribution in [3.8, 4) is 0 Å². The van der Waals surface area contributed by atoms with Crippen LogP contribution in [0.5, 0.6) is 0 Å². The molecule has 0 aromatic heterocycles. The van der Waals surface area contributed by atoms with Crippen molar-refractivity contribution in [2.45, 2.75) is 239 Å². The van der Waals surface area contributed by atoms with Gasteiger partial charge in [0, 0.05) is 45.1 Å². The first-order valence-corrected chi connectivity index (χ1v) is 26.3. The summed E-state index contributed by atoms with van der Waals surface area (Å²) in [7, 11) is 0. The van der Waals surface area contributed by atoms with Crippen LogP contribution in [-0.2, 0) is 38.1 Å². The molecule has 1 rings (SSSR count). The van der Waals surface area contributed by atoms with Gasteiger partial charge in [-0.15, -0.1) is 0 Å². The predicted octanol–water partition coefficient (Wildman–Crippen LogP) is 12.9. The monoisotopic (exact) mass is 892 g/mol. The minimum absolute atomic E-state index is 0.00710. The van der Waals surface area contributed by atoms with Crippen LogP contribution in [0.2, 0.25) is 0 Å². The van der Waals surface area contributed by atoms with E-state index in [2.05, 4.69) is 50.0 Å². The minimum Gasteiger partial charge on any atom is -0.465 e. The van der Waals surface area contributed by atoms with E-state index in [4.69, 9.17) is 23.7 Å². The second kappa shape index (κ2) is 44.9. The van der Waals surface area contributed by atoms with Gasteiger partial charge >= 0.3 is 17.9 Å². The smallest absolute Gasteiger partial charge is 0.305 e. The first kappa shape index (κ1) is 58.7. The van der Waals surface area contributed by atoms with Gasteiger partial charge in [-0.05, 0) is 83.6 Å². The summed E-state index contributed by atoms with van der Waals surface area (Å²) in [5, 5.41) is 9.46. The van der Waals surface area contributed by atoms with Crippen molar-refractivity contribution in [2.75, 3.05) is 52.7 Å². The van der Waals surface area contributed by atoms with Crippen molar-refractivity contribution >= 4 is 17.9 Å². The van der Waals surface area contributed by atoms with Crippen LogP contribution in [0.4, 0.5) is 0 Å². The minimum atomic E-state index is -0.464. The molecule has 1 aliphatic carbocycles. The molecule has 1 unspecified atom stereocenters. The Morgan fingerprint density at radius 3 is 1.49 bits per heavy atom. The summed E-state index contributed by atoms with van der Waals surface area (Å²) in [6, 6.07) is 0.548. The molecule has 0 amide bonds. The average Bonchev–Trinajstić information content (AvgIpc) is 3.26. The number of rotatable bonds is 47. The Morgan fingerprint density at radius 2 is 0.984 bits per heavy atom. The summed E-state index contributed by atoms with van der Waals surface area (Å²) in [6.45, 7) is 9.58. The summed E-state index contributed by atoms with van der Waals surface area (Å²) in [5.41, 5.74) is 0. The fourth-order valence-corrected chi connectivity index (χ4v) is 7.66. The van der Waals surface area contributed by atoms with E-state index >= 15 is 0 Å². The van der Waals surface area contributed by atoms with Crippen LogP contribution in [0, 0.1) is 5.92 Å². The van der Waals surface area contributed by atoms with Crippen molar-refractivity contribution in [3.05, 3.63) is 24.3 Å². The number of allylic oxidation sites excluding steroid dienone is 4. The van der Waals surface area contributed by atoms with E-state index in [0.717, 1.165) is 83.6 Å². The Balaban J connectivity index is 2.56. The molecule has 10 nitrogen and oxygen atoms in total. The van der Waals surface area contributed by atoms with Crippen molar-refractivity contribution in [3.63, 3.8) is 0 Å². The molecule has 0 heterocycles. The molecule has 1 N–H and O–H groups in total. The highest BCUT2D eigenvalue weighted by atomic mass is 16.7. The van der Waals surface area contributed by atoms with Crippen molar-refractivity contribution in [1.29, 1.82) is 0 Å². The van der Waals surface area contributed by atoms with Crippen LogP contribution < -0.4 is 0 Å².